The SMILES string of the molecule is CC(C)(C)OC(=O)N1CC(NCc2ccccc2)[C@@H](O)C1. The van der Waals surface area contributed by atoms with E-state index in [9.17, 15) is 9.90 Å². The Morgan fingerprint density at radius 3 is 2.62 bits per heavy atom. The lowest BCUT2D eigenvalue weighted by Crippen LogP contribution is -2.39. The smallest absolute Gasteiger partial charge is 0.410 e. The minimum absolute atomic E-state index is 0.127. The fourth-order valence-corrected chi connectivity index (χ4v) is 2.31. The van der Waals surface area contributed by atoms with Crippen molar-refractivity contribution in [3.05, 3.63) is 35.9 Å². The van der Waals surface area contributed by atoms with Crippen molar-refractivity contribution in [2.24, 2.45) is 0 Å². The molecule has 5 heteroatoms. The van der Waals surface area contributed by atoms with Crippen LogP contribution in [0.5, 0.6) is 0 Å². The number of nitrogens with one attached hydrogen (secondary N) is 1. The van der Waals surface area contributed by atoms with Crippen LogP contribution in [0.15, 0.2) is 30.3 Å². The Bertz CT molecular complexity index is 470. The van der Waals surface area contributed by atoms with Crippen LogP contribution in [0.25, 0.3) is 0 Å². The molecule has 0 bridgehead atoms. The molecule has 0 aliphatic carbocycles. The van der Waals surface area contributed by atoms with Crippen LogP contribution >= 0.6 is 0 Å². The largest absolute Gasteiger partial charge is 0.444 e. The van der Waals surface area contributed by atoms with Crippen molar-refractivity contribution < 1.29 is 14.6 Å². The van der Waals surface area contributed by atoms with Crippen molar-refractivity contribution in [2.75, 3.05) is 13.1 Å². The molecule has 21 heavy (non-hydrogen) atoms. The maximum absolute atomic E-state index is 12.0. The summed E-state index contributed by atoms with van der Waals surface area (Å²) in [5.74, 6) is 0. The average Bonchev–Trinajstić information content (AvgIpc) is 2.77. The minimum Gasteiger partial charge on any atom is -0.444 e. The first-order chi connectivity index (χ1) is 9.85. The number of carbonyl (C=O) groups excluding carboxylic acids is 1. The summed E-state index contributed by atoms with van der Waals surface area (Å²) < 4.78 is 5.33. The van der Waals surface area contributed by atoms with Gasteiger partial charge in [0.15, 0.2) is 0 Å². The molecule has 1 aliphatic heterocycles. The predicted octanol–water partition coefficient (Wildman–Crippen LogP) is 1.76. The summed E-state index contributed by atoms with van der Waals surface area (Å²) in [5.41, 5.74) is 0.637. The number of aliphatic hydroxyl groups excluding tert-OH is 1. The summed E-state index contributed by atoms with van der Waals surface area (Å²) in [5, 5.41) is 13.4. The van der Waals surface area contributed by atoms with Crippen LogP contribution in [0.2, 0.25) is 0 Å². The van der Waals surface area contributed by atoms with Crippen LogP contribution in [0.4, 0.5) is 4.79 Å². The normalized spacial score (nSPS) is 22.4. The van der Waals surface area contributed by atoms with Gasteiger partial charge in [0.2, 0.25) is 0 Å². The molecule has 2 N–H and O–H groups in total. The van der Waals surface area contributed by atoms with Gasteiger partial charge in [0, 0.05) is 13.1 Å². The Balaban J connectivity index is 1.85. The quantitative estimate of drug-likeness (QED) is 0.891. The van der Waals surface area contributed by atoms with Crippen molar-refractivity contribution in [3.8, 4) is 0 Å². The predicted molar refractivity (Wildman–Crippen MR) is 80.9 cm³/mol. The highest BCUT2D eigenvalue weighted by Gasteiger charge is 2.35. The number of ether oxygens (including phenoxy) is 1. The van der Waals surface area contributed by atoms with E-state index in [0.717, 1.165) is 5.56 Å². The van der Waals surface area contributed by atoms with Gasteiger partial charge in [-0.05, 0) is 26.3 Å². The van der Waals surface area contributed by atoms with Crippen LogP contribution < -0.4 is 5.32 Å². The van der Waals surface area contributed by atoms with Gasteiger partial charge < -0.3 is 20.1 Å². The summed E-state index contributed by atoms with van der Waals surface area (Å²) in [6.07, 6.45) is -0.938. The molecule has 1 unspecified atom stereocenters. The molecule has 0 radical (unpaired) electrons. The van der Waals surface area contributed by atoms with Gasteiger partial charge in [0.05, 0.1) is 18.7 Å². The number of hydrogen-bond acceptors (Lipinski definition) is 4. The Morgan fingerprint density at radius 1 is 1.33 bits per heavy atom. The fraction of sp³-hybridized carbons (Fsp3) is 0.562. The van der Waals surface area contributed by atoms with E-state index >= 15 is 0 Å². The van der Waals surface area contributed by atoms with Gasteiger partial charge in [-0.2, -0.15) is 0 Å². The van der Waals surface area contributed by atoms with Gasteiger partial charge in [-0.15, -0.1) is 0 Å². The average molecular weight is 292 g/mol. The molecular formula is C16H24N2O3. The lowest BCUT2D eigenvalue weighted by Gasteiger charge is -2.24. The second-order valence-corrected chi connectivity index (χ2v) is 6.43. The van der Waals surface area contributed by atoms with Gasteiger partial charge in [-0.1, -0.05) is 30.3 Å². The fourth-order valence-electron chi connectivity index (χ4n) is 2.31. The molecular weight excluding hydrogens is 268 g/mol. The first-order valence-electron chi connectivity index (χ1n) is 7.28. The maximum Gasteiger partial charge on any atom is 0.410 e. The van der Waals surface area contributed by atoms with E-state index in [4.69, 9.17) is 4.74 Å². The Hall–Kier alpha value is -1.59. The Kier molecular flexibility index (Phi) is 4.85. The molecule has 1 saturated heterocycles. The number of carbonyl (C=O) groups is 1. The van der Waals surface area contributed by atoms with Crippen LogP contribution in [0.1, 0.15) is 26.3 Å². The van der Waals surface area contributed by atoms with Gasteiger partial charge in [-0.25, -0.2) is 4.79 Å². The van der Waals surface area contributed by atoms with Gasteiger partial charge in [0.25, 0.3) is 0 Å². The van der Waals surface area contributed by atoms with Crippen molar-refractivity contribution in [3.63, 3.8) is 0 Å². The third-order valence-electron chi connectivity index (χ3n) is 3.35. The van der Waals surface area contributed by atoms with Crippen molar-refractivity contribution in [1.29, 1.82) is 0 Å². The van der Waals surface area contributed by atoms with Gasteiger partial charge in [0.1, 0.15) is 5.60 Å². The number of aliphatic hydroxyl groups is 1. The summed E-state index contributed by atoms with van der Waals surface area (Å²) in [4.78, 5) is 13.5. The highest BCUT2D eigenvalue weighted by molar-refractivity contribution is 5.68. The van der Waals surface area contributed by atoms with Gasteiger partial charge in [-0.3, -0.25) is 0 Å². The molecule has 1 fully saturated rings. The highest BCUT2D eigenvalue weighted by Crippen LogP contribution is 2.16. The molecule has 116 valence electrons. The van der Waals surface area contributed by atoms with E-state index < -0.39 is 11.7 Å². The summed E-state index contributed by atoms with van der Waals surface area (Å²) in [7, 11) is 0. The Labute approximate surface area is 125 Å². The van der Waals surface area contributed by atoms with E-state index in [-0.39, 0.29) is 12.1 Å². The molecule has 2 rings (SSSR count). The number of rotatable bonds is 3. The van der Waals surface area contributed by atoms with E-state index in [1.54, 1.807) is 4.90 Å². The monoisotopic (exact) mass is 292 g/mol. The standard InChI is InChI=1S/C16H24N2O3/c1-16(2,3)21-15(20)18-10-13(14(19)11-18)17-9-12-7-5-4-6-8-12/h4-8,13-14,17,19H,9-11H2,1-3H3/t13?,14-/m0/s1. The molecule has 5 nitrogen and oxygen atoms in total. The number of amides is 1. The third kappa shape index (κ3) is 4.72. The molecule has 0 spiro atoms. The molecule has 0 aromatic heterocycles. The molecule has 0 saturated carbocycles. The van der Waals surface area contributed by atoms with E-state index in [2.05, 4.69) is 5.32 Å². The van der Waals surface area contributed by atoms with Crippen molar-refractivity contribution in [2.45, 2.75) is 45.1 Å². The highest BCUT2D eigenvalue weighted by atomic mass is 16.6. The molecule has 1 aromatic rings. The second-order valence-electron chi connectivity index (χ2n) is 6.43. The van der Waals surface area contributed by atoms with Crippen molar-refractivity contribution in [1.82, 2.24) is 10.2 Å². The lowest BCUT2D eigenvalue weighted by atomic mass is 10.2. The maximum atomic E-state index is 12.0. The summed E-state index contributed by atoms with van der Waals surface area (Å²) >= 11 is 0. The van der Waals surface area contributed by atoms with Gasteiger partial charge >= 0.3 is 6.09 Å². The number of β-amino-alcohol motifs (C(OH)–C–C–N with tert-alkyl or cyclic N) is 1. The zero-order chi connectivity index (χ0) is 15.5. The zero-order valence-corrected chi connectivity index (χ0v) is 12.9. The number of likely N-dealkylation sites (tertiary alicyclic amines) is 1. The van der Waals surface area contributed by atoms with E-state index in [0.29, 0.717) is 19.6 Å². The minimum atomic E-state index is -0.568. The van der Waals surface area contributed by atoms with Crippen LogP contribution in [-0.4, -0.2) is 46.9 Å². The number of nitrogens with zero attached hydrogens (tertiary/aromatic N) is 1. The Morgan fingerprint density at radius 2 is 2.00 bits per heavy atom. The molecule has 2 atom stereocenters. The molecule has 1 heterocycles. The second kappa shape index (κ2) is 6.45. The molecule has 1 aromatic carbocycles. The molecule has 1 amide bonds. The summed E-state index contributed by atoms with van der Waals surface area (Å²) in [6.45, 7) is 6.95. The third-order valence-corrected chi connectivity index (χ3v) is 3.35. The van der Waals surface area contributed by atoms with Crippen LogP contribution in [0, 0.1) is 0 Å². The number of benzene rings is 1. The first-order valence-corrected chi connectivity index (χ1v) is 7.28. The van der Waals surface area contributed by atoms with Crippen LogP contribution in [-0.2, 0) is 11.3 Å². The van der Waals surface area contributed by atoms with E-state index in [1.165, 1.54) is 0 Å². The first kappa shape index (κ1) is 15.8. The lowest BCUT2D eigenvalue weighted by molar-refractivity contribution is 0.0270. The van der Waals surface area contributed by atoms with Crippen molar-refractivity contribution >= 4 is 6.09 Å². The number of hydrogen-bond donors (Lipinski definition) is 2. The topological polar surface area (TPSA) is 61.8 Å². The molecule has 1 aliphatic rings. The van der Waals surface area contributed by atoms with E-state index in [1.807, 2.05) is 51.1 Å². The summed E-state index contributed by atoms with van der Waals surface area (Å²) in [6, 6.07) is 9.86. The van der Waals surface area contributed by atoms with Crippen LogP contribution in [0.3, 0.4) is 0 Å². The zero-order valence-electron chi connectivity index (χ0n) is 12.9.